The van der Waals surface area contributed by atoms with Crippen molar-refractivity contribution in [2.75, 3.05) is 37.8 Å². The number of methoxy groups -OCH3 is 1. The molecule has 0 bridgehead atoms. The van der Waals surface area contributed by atoms with Crippen molar-refractivity contribution in [3.8, 4) is 5.75 Å². The minimum atomic E-state index is 0.412. The fourth-order valence-corrected chi connectivity index (χ4v) is 2.51. The molecule has 1 heterocycles. The number of benzene rings is 1. The normalized spacial score (nSPS) is 17.7. The molecule has 4 heteroatoms. The predicted octanol–water partition coefficient (Wildman–Crippen LogP) is 2.17. The van der Waals surface area contributed by atoms with E-state index in [1.807, 2.05) is 18.2 Å². The first kappa shape index (κ1) is 13.0. The lowest BCUT2D eigenvalue weighted by Gasteiger charge is -2.22. The van der Waals surface area contributed by atoms with Gasteiger partial charge in [-0.2, -0.15) is 0 Å². The predicted molar refractivity (Wildman–Crippen MR) is 76.2 cm³/mol. The van der Waals surface area contributed by atoms with Gasteiger partial charge in [0.05, 0.1) is 7.11 Å². The van der Waals surface area contributed by atoms with Crippen LogP contribution in [0.15, 0.2) is 18.2 Å². The third-order valence-corrected chi connectivity index (χ3v) is 3.31. The van der Waals surface area contributed by atoms with Crippen LogP contribution in [0.1, 0.15) is 19.8 Å². The smallest absolute Gasteiger partial charge is 0.122 e. The van der Waals surface area contributed by atoms with Crippen LogP contribution in [-0.2, 0) is 0 Å². The van der Waals surface area contributed by atoms with Gasteiger partial charge in [-0.3, -0.25) is 0 Å². The van der Waals surface area contributed by atoms with Gasteiger partial charge in [-0.1, -0.05) is 0 Å². The van der Waals surface area contributed by atoms with Gasteiger partial charge in [0.2, 0.25) is 0 Å². The second-order valence-corrected chi connectivity index (χ2v) is 5.05. The van der Waals surface area contributed by atoms with Gasteiger partial charge in [0.15, 0.2) is 0 Å². The average Bonchev–Trinajstić information content (AvgIpc) is 2.80. The number of likely N-dealkylation sites (tertiary alicyclic amines) is 1. The van der Waals surface area contributed by atoms with E-state index in [4.69, 9.17) is 10.5 Å². The molecule has 100 valence electrons. The second kappa shape index (κ2) is 5.96. The second-order valence-electron chi connectivity index (χ2n) is 5.05. The van der Waals surface area contributed by atoms with Gasteiger partial charge in [-0.05, 0) is 38.9 Å². The van der Waals surface area contributed by atoms with Crippen LogP contribution in [0.2, 0.25) is 0 Å². The molecule has 1 aromatic rings. The van der Waals surface area contributed by atoms with Gasteiger partial charge in [0, 0.05) is 36.1 Å². The Hall–Kier alpha value is -1.42. The van der Waals surface area contributed by atoms with Crippen LogP contribution in [0.3, 0.4) is 0 Å². The van der Waals surface area contributed by atoms with Crippen LogP contribution in [0.4, 0.5) is 11.4 Å². The number of nitrogens with zero attached hydrogens (tertiary/aromatic N) is 1. The number of ether oxygens (including phenoxy) is 1. The van der Waals surface area contributed by atoms with Gasteiger partial charge in [0.25, 0.3) is 0 Å². The molecule has 18 heavy (non-hydrogen) atoms. The summed E-state index contributed by atoms with van der Waals surface area (Å²) in [6, 6.07) is 6.17. The van der Waals surface area contributed by atoms with Crippen molar-refractivity contribution in [3.05, 3.63) is 18.2 Å². The summed E-state index contributed by atoms with van der Waals surface area (Å²) in [4.78, 5) is 2.50. The lowest BCUT2D eigenvalue weighted by Crippen LogP contribution is -2.32. The summed E-state index contributed by atoms with van der Waals surface area (Å²) >= 11 is 0. The molecule has 1 aliphatic rings. The summed E-state index contributed by atoms with van der Waals surface area (Å²) in [5.74, 6) is 0.797. The van der Waals surface area contributed by atoms with Crippen LogP contribution in [0, 0.1) is 0 Å². The maximum atomic E-state index is 5.84. The summed E-state index contributed by atoms with van der Waals surface area (Å²) in [5, 5.41) is 3.48. The molecule has 1 saturated heterocycles. The molecule has 0 spiro atoms. The van der Waals surface area contributed by atoms with E-state index in [0.717, 1.165) is 23.7 Å². The van der Waals surface area contributed by atoms with Crippen molar-refractivity contribution in [2.24, 2.45) is 0 Å². The van der Waals surface area contributed by atoms with Crippen LogP contribution >= 0.6 is 0 Å². The van der Waals surface area contributed by atoms with Crippen molar-refractivity contribution in [2.45, 2.75) is 25.8 Å². The topological polar surface area (TPSA) is 50.5 Å². The molecule has 1 atom stereocenters. The van der Waals surface area contributed by atoms with E-state index in [1.54, 1.807) is 7.11 Å². The van der Waals surface area contributed by atoms with Gasteiger partial charge >= 0.3 is 0 Å². The van der Waals surface area contributed by atoms with Gasteiger partial charge in [-0.15, -0.1) is 0 Å². The van der Waals surface area contributed by atoms with Crippen molar-refractivity contribution < 1.29 is 4.74 Å². The Morgan fingerprint density at radius 2 is 2.06 bits per heavy atom. The van der Waals surface area contributed by atoms with Gasteiger partial charge in [0.1, 0.15) is 5.75 Å². The van der Waals surface area contributed by atoms with Crippen LogP contribution < -0.4 is 15.8 Å². The highest BCUT2D eigenvalue weighted by molar-refractivity contribution is 5.59. The first-order valence-electron chi connectivity index (χ1n) is 6.61. The Labute approximate surface area is 109 Å². The highest BCUT2D eigenvalue weighted by Gasteiger charge is 2.14. The Bertz CT molecular complexity index is 389. The first-order valence-corrected chi connectivity index (χ1v) is 6.61. The van der Waals surface area contributed by atoms with Gasteiger partial charge in [-0.25, -0.2) is 0 Å². The molecule has 2 rings (SSSR count). The standard InChI is InChI=1S/C14H23N3O/c1-11(10-17-5-3-4-6-17)16-13-7-12(15)8-14(9-13)18-2/h7-9,11,16H,3-6,10,15H2,1-2H3. The fraction of sp³-hybridized carbons (Fsp3) is 0.571. The van der Waals surface area contributed by atoms with Crippen LogP contribution in [-0.4, -0.2) is 37.7 Å². The summed E-state index contributed by atoms with van der Waals surface area (Å²) in [6.07, 6.45) is 2.66. The lowest BCUT2D eigenvalue weighted by atomic mass is 10.2. The summed E-state index contributed by atoms with van der Waals surface area (Å²) in [7, 11) is 1.66. The number of hydrogen-bond donors (Lipinski definition) is 2. The molecule has 1 fully saturated rings. The van der Waals surface area contributed by atoms with E-state index >= 15 is 0 Å². The number of nitrogens with one attached hydrogen (secondary N) is 1. The summed E-state index contributed by atoms with van der Waals surface area (Å²) < 4.78 is 5.22. The molecule has 0 saturated carbocycles. The SMILES string of the molecule is COc1cc(N)cc(NC(C)CN2CCCC2)c1. The monoisotopic (exact) mass is 249 g/mol. The molecular weight excluding hydrogens is 226 g/mol. The number of rotatable bonds is 5. The Morgan fingerprint density at radius 3 is 2.72 bits per heavy atom. The van der Waals surface area contributed by atoms with E-state index in [2.05, 4.69) is 17.1 Å². The largest absolute Gasteiger partial charge is 0.497 e. The molecule has 1 unspecified atom stereocenters. The highest BCUT2D eigenvalue weighted by atomic mass is 16.5. The minimum absolute atomic E-state index is 0.412. The number of hydrogen-bond acceptors (Lipinski definition) is 4. The zero-order chi connectivity index (χ0) is 13.0. The quantitative estimate of drug-likeness (QED) is 0.785. The lowest BCUT2D eigenvalue weighted by molar-refractivity contribution is 0.328. The van der Waals surface area contributed by atoms with E-state index in [-0.39, 0.29) is 0 Å². The zero-order valence-corrected chi connectivity index (χ0v) is 11.3. The molecule has 1 aromatic carbocycles. The third-order valence-electron chi connectivity index (χ3n) is 3.31. The van der Waals surface area contributed by atoms with E-state index in [9.17, 15) is 0 Å². The van der Waals surface area contributed by atoms with Crippen molar-refractivity contribution in [1.29, 1.82) is 0 Å². The zero-order valence-electron chi connectivity index (χ0n) is 11.3. The molecule has 0 aliphatic carbocycles. The van der Waals surface area contributed by atoms with E-state index < -0.39 is 0 Å². The Kier molecular flexibility index (Phi) is 4.31. The van der Waals surface area contributed by atoms with Gasteiger partial charge < -0.3 is 20.7 Å². The number of anilines is 2. The van der Waals surface area contributed by atoms with Crippen molar-refractivity contribution >= 4 is 11.4 Å². The summed E-state index contributed by atoms with van der Waals surface area (Å²) in [6.45, 7) is 5.74. The first-order chi connectivity index (χ1) is 8.67. The van der Waals surface area contributed by atoms with Crippen LogP contribution in [0.5, 0.6) is 5.75 Å². The van der Waals surface area contributed by atoms with E-state index in [0.29, 0.717) is 6.04 Å². The molecule has 3 N–H and O–H groups in total. The maximum absolute atomic E-state index is 5.84. The Balaban J connectivity index is 1.93. The van der Waals surface area contributed by atoms with Crippen molar-refractivity contribution in [3.63, 3.8) is 0 Å². The molecule has 0 radical (unpaired) electrons. The Morgan fingerprint density at radius 1 is 1.33 bits per heavy atom. The average molecular weight is 249 g/mol. The molecular formula is C14H23N3O. The summed E-state index contributed by atoms with van der Waals surface area (Å²) in [5.41, 5.74) is 7.60. The number of nitrogens with two attached hydrogens (primary N) is 1. The fourth-order valence-electron chi connectivity index (χ4n) is 2.51. The minimum Gasteiger partial charge on any atom is -0.497 e. The number of nitrogen functional groups attached to an aromatic ring is 1. The third kappa shape index (κ3) is 3.53. The van der Waals surface area contributed by atoms with E-state index in [1.165, 1.54) is 25.9 Å². The molecule has 1 aliphatic heterocycles. The highest BCUT2D eigenvalue weighted by Crippen LogP contribution is 2.23. The van der Waals surface area contributed by atoms with Crippen molar-refractivity contribution in [1.82, 2.24) is 4.90 Å². The van der Waals surface area contributed by atoms with Crippen LogP contribution in [0.25, 0.3) is 0 Å². The molecule has 0 aromatic heterocycles. The molecule has 0 amide bonds. The maximum Gasteiger partial charge on any atom is 0.122 e. The molecule has 4 nitrogen and oxygen atoms in total.